The van der Waals surface area contributed by atoms with E-state index in [0.29, 0.717) is 17.3 Å². The number of piperidine rings is 1. The first kappa shape index (κ1) is 21.2. The molecule has 3 aromatic rings. The lowest BCUT2D eigenvalue weighted by Crippen LogP contribution is -2.35. The van der Waals surface area contributed by atoms with Gasteiger partial charge in [0.1, 0.15) is 5.56 Å². The Morgan fingerprint density at radius 2 is 1.73 bits per heavy atom. The molecule has 2 aliphatic heterocycles. The lowest BCUT2D eigenvalue weighted by atomic mass is 10.1. The van der Waals surface area contributed by atoms with E-state index in [1.54, 1.807) is 18.1 Å². The second-order valence-electron chi connectivity index (χ2n) is 8.69. The molecule has 3 heterocycles. The van der Waals surface area contributed by atoms with Crippen LogP contribution in [0, 0.1) is 6.92 Å². The minimum absolute atomic E-state index is 0.138. The Labute approximate surface area is 193 Å². The van der Waals surface area contributed by atoms with E-state index in [1.807, 2.05) is 42.3 Å². The van der Waals surface area contributed by atoms with Crippen LogP contribution in [0.3, 0.4) is 0 Å². The maximum absolute atomic E-state index is 13.1. The SMILES string of the molecule is Cc1cc(N2CCC(O)CC2)ccc1Nc1ncc2c(n1)N(C)c1ccccc1N(C)C2=O. The number of fused-ring (bicyclic) bond motifs is 2. The van der Waals surface area contributed by atoms with Gasteiger partial charge in [0.2, 0.25) is 5.95 Å². The summed E-state index contributed by atoms with van der Waals surface area (Å²) < 4.78 is 0. The van der Waals surface area contributed by atoms with Crippen molar-refractivity contribution in [1.29, 1.82) is 0 Å². The number of hydrogen-bond donors (Lipinski definition) is 2. The van der Waals surface area contributed by atoms with Gasteiger partial charge < -0.3 is 25.1 Å². The number of nitrogens with one attached hydrogen (secondary N) is 1. The van der Waals surface area contributed by atoms with Gasteiger partial charge in [0, 0.05) is 44.8 Å². The van der Waals surface area contributed by atoms with Gasteiger partial charge in [-0.05, 0) is 55.7 Å². The Kier molecular flexibility index (Phi) is 5.38. The minimum Gasteiger partial charge on any atom is -0.393 e. The fourth-order valence-electron chi connectivity index (χ4n) is 4.50. The van der Waals surface area contributed by atoms with Crippen LogP contribution in [0.4, 0.5) is 34.5 Å². The van der Waals surface area contributed by atoms with E-state index in [4.69, 9.17) is 4.98 Å². The number of carbonyl (C=O) groups is 1. The van der Waals surface area contributed by atoms with Crippen molar-refractivity contribution in [1.82, 2.24) is 9.97 Å². The number of aliphatic hydroxyl groups is 1. The van der Waals surface area contributed by atoms with Gasteiger partial charge in [-0.25, -0.2) is 4.98 Å². The van der Waals surface area contributed by atoms with Crippen molar-refractivity contribution in [2.24, 2.45) is 0 Å². The number of carbonyl (C=O) groups excluding carboxylic acids is 1. The van der Waals surface area contributed by atoms with Crippen LogP contribution in [-0.4, -0.2) is 54.3 Å². The molecule has 170 valence electrons. The molecule has 1 saturated heterocycles. The number of aromatic nitrogens is 2. The molecule has 1 amide bonds. The molecule has 0 spiro atoms. The first-order valence-corrected chi connectivity index (χ1v) is 11.2. The van der Waals surface area contributed by atoms with E-state index in [2.05, 4.69) is 34.3 Å². The number of aliphatic hydroxyl groups excluding tert-OH is 1. The highest BCUT2D eigenvalue weighted by atomic mass is 16.3. The molecule has 0 radical (unpaired) electrons. The van der Waals surface area contributed by atoms with Crippen molar-refractivity contribution in [2.45, 2.75) is 25.9 Å². The van der Waals surface area contributed by atoms with Crippen molar-refractivity contribution >= 4 is 40.4 Å². The van der Waals surface area contributed by atoms with Gasteiger partial charge in [-0.2, -0.15) is 4.98 Å². The largest absolute Gasteiger partial charge is 0.393 e. The van der Waals surface area contributed by atoms with Crippen LogP contribution in [0.1, 0.15) is 28.8 Å². The van der Waals surface area contributed by atoms with Crippen molar-refractivity contribution in [3.63, 3.8) is 0 Å². The number of para-hydroxylation sites is 2. The molecule has 2 N–H and O–H groups in total. The number of amides is 1. The van der Waals surface area contributed by atoms with E-state index in [0.717, 1.165) is 54.2 Å². The topological polar surface area (TPSA) is 84.8 Å². The Balaban J connectivity index is 1.43. The van der Waals surface area contributed by atoms with Gasteiger partial charge in [-0.15, -0.1) is 0 Å². The zero-order valence-corrected chi connectivity index (χ0v) is 19.1. The number of rotatable bonds is 3. The van der Waals surface area contributed by atoms with E-state index >= 15 is 0 Å². The van der Waals surface area contributed by atoms with Crippen LogP contribution < -0.4 is 20.0 Å². The average Bonchev–Trinajstić information content (AvgIpc) is 2.91. The van der Waals surface area contributed by atoms with Gasteiger partial charge >= 0.3 is 0 Å². The van der Waals surface area contributed by atoms with Crippen LogP contribution in [-0.2, 0) is 0 Å². The molecule has 8 nitrogen and oxygen atoms in total. The Hall–Kier alpha value is -3.65. The van der Waals surface area contributed by atoms with Crippen molar-refractivity contribution < 1.29 is 9.90 Å². The Bertz CT molecular complexity index is 1210. The maximum atomic E-state index is 13.1. The lowest BCUT2D eigenvalue weighted by molar-refractivity contribution is 0.0993. The summed E-state index contributed by atoms with van der Waals surface area (Å²) in [7, 11) is 3.68. The quantitative estimate of drug-likeness (QED) is 0.635. The molecule has 2 aliphatic rings. The van der Waals surface area contributed by atoms with Crippen molar-refractivity contribution in [3.8, 4) is 0 Å². The molecule has 8 heteroatoms. The highest BCUT2D eigenvalue weighted by Crippen LogP contribution is 2.38. The second kappa shape index (κ2) is 8.37. The smallest absolute Gasteiger partial charge is 0.263 e. The van der Waals surface area contributed by atoms with Gasteiger partial charge in [-0.3, -0.25) is 4.79 Å². The number of benzene rings is 2. The van der Waals surface area contributed by atoms with E-state index in [-0.39, 0.29) is 12.0 Å². The summed E-state index contributed by atoms with van der Waals surface area (Å²) in [5.41, 5.74) is 5.33. The summed E-state index contributed by atoms with van der Waals surface area (Å²) in [4.78, 5) is 28.1. The zero-order valence-electron chi connectivity index (χ0n) is 19.1. The standard InChI is InChI=1S/C25H28N6O2/c1-16-14-17(31-12-10-18(32)11-13-31)8-9-20(16)27-25-26-15-19-23(28-25)29(2)21-6-4-5-7-22(21)30(3)24(19)33/h4-9,14-15,18,32H,10-13H2,1-3H3,(H,26,27,28). The average molecular weight is 445 g/mol. The van der Waals surface area contributed by atoms with Crippen LogP contribution in [0.2, 0.25) is 0 Å². The summed E-state index contributed by atoms with van der Waals surface area (Å²) in [6, 6.07) is 14.0. The van der Waals surface area contributed by atoms with Crippen LogP contribution >= 0.6 is 0 Å². The third-order valence-electron chi connectivity index (χ3n) is 6.51. The van der Waals surface area contributed by atoms with Crippen molar-refractivity contribution in [3.05, 3.63) is 59.8 Å². The van der Waals surface area contributed by atoms with Gasteiger partial charge in [0.25, 0.3) is 5.91 Å². The molecule has 1 aromatic heterocycles. The summed E-state index contributed by atoms with van der Waals surface area (Å²) >= 11 is 0. The first-order chi connectivity index (χ1) is 15.9. The fraction of sp³-hybridized carbons (Fsp3) is 0.320. The summed E-state index contributed by atoms with van der Waals surface area (Å²) in [6.45, 7) is 3.77. The molecule has 5 rings (SSSR count). The number of hydrogen-bond acceptors (Lipinski definition) is 7. The monoisotopic (exact) mass is 444 g/mol. The van der Waals surface area contributed by atoms with Crippen molar-refractivity contribution in [2.75, 3.05) is 47.2 Å². The molecular formula is C25H28N6O2. The minimum atomic E-state index is -0.189. The molecule has 0 unspecified atom stereocenters. The molecular weight excluding hydrogens is 416 g/mol. The van der Waals surface area contributed by atoms with E-state index < -0.39 is 0 Å². The zero-order chi connectivity index (χ0) is 23.1. The van der Waals surface area contributed by atoms with Gasteiger partial charge in [-0.1, -0.05) is 12.1 Å². The first-order valence-electron chi connectivity index (χ1n) is 11.2. The second-order valence-corrected chi connectivity index (χ2v) is 8.69. The molecule has 0 saturated carbocycles. The Morgan fingerprint density at radius 3 is 2.42 bits per heavy atom. The number of nitrogens with zero attached hydrogens (tertiary/aromatic N) is 5. The molecule has 33 heavy (non-hydrogen) atoms. The molecule has 0 bridgehead atoms. The third-order valence-corrected chi connectivity index (χ3v) is 6.51. The summed E-state index contributed by atoms with van der Waals surface area (Å²) in [6.07, 6.45) is 3.00. The molecule has 1 fully saturated rings. The molecule has 0 atom stereocenters. The Morgan fingerprint density at radius 1 is 1.03 bits per heavy atom. The van der Waals surface area contributed by atoms with Crippen LogP contribution in [0.5, 0.6) is 0 Å². The maximum Gasteiger partial charge on any atom is 0.263 e. The highest BCUT2D eigenvalue weighted by molar-refractivity contribution is 6.12. The third kappa shape index (κ3) is 3.87. The van der Waals surface area contributed by atoms with Crippen LogP contribution in [0.15, 0.2) is 48.7 Å². The van der Waals surface area contributed by atoms with Gasteiger partial charge in [0.05, 0.1) is 17.5 Å². The predicted molar refractivity (Wildman–Crippen MR) is 131 cm³/mol. The van der Waals surface area contributed by atoms with Crippen LogP contribution in [0.25, 0.3) is 0 Å². The highest BCUT2D eigenvalue weighted by Gasteiger charge is 2.29. The summed E-state index contributed by atoms with van der Waals surface area (Å²) in [5.74, 6) is 0.864. The normalized spacial score (nSPS) is 16.4. The number of anilines is 6. The summed E-state index contributed by atoms with van der Waals surface area (Å²) in [5, 5.41) is 13.1. The molecule has 0 aliphatic carbocycles. The molecule has 2 aromatic carbocycles. The predicted octanol–water partition coefficient (Wildman–Crippen LogP) is 3.85. The number of aryl methyl sites for hydroxylation is 1. The fourth-order valence-corrected chi connectivity index (χ4v) is 4.50. The van der Waals surface area contributed by atoms with Gasteiger partial charge in [0.15, 0.2) is 5.82 Å². The lowest BCUT2D eigenvalue weighted by Gasteiger charge is -2.31. The van der Waals surface area contributed by atoms with E-state index in [9.17, 15) is 9.90 Å². The van der Waals surface area contributed by atoms with E-state index in [1.165, 1.54) is 0 Å².